The van der Waals surface area contributed by atoms with Crippen LogP contribution in [0.15, 0.2) is 40.8 Å². The molecule has 1 atom stereocenters. The number of methoxy groups -OCH3 is 2. The molecule has 0 bridgehead atoms. The molecule has 28 heavy (non-hydrogen) atoms. The topological polar surface area (TPSA) is 60.6 Å². The van der Waals surface area contributed by atoms with E-state index in [4.69, 9.17) is 13.9 Å². The summed E-state index contributed by atoms with van der Waals surface area (Å²) < 4.78 is 29.8. The van der Waals surface area contributed by atoms with Crippen molar-refractivity contribution in [3.8, 4) is 23.0 Å². The summed E-state index contributed by atoms with van der Waals surface area (Å²) in [7, 11) is 3.29. The summed E-state index contributed by atoms with van der Waals surface area (Å²) in [5.41, 5.74) is 3.17. The van der Waals surface area contributed by atoms with E-state index in [0.717, 1.165) is 31.0 Å². The third-order valence-corrected chi connectivity index (χ3v) is 5.18. The van der Waals surface area contributed by atoms with E-state index in [1.807, 2.05) is 13.0 Å². The van der Waals surface area contributed by atoms with E-state index in [1.54, 1.807) is 26.4 Å². The van der Waals surface area contributed by atoms with Crippen LogP contribution in [0.3, 0.4) is 0 Å². The van der Waals surface area contributed by atoms with Crippen molar-refractivity contribution in [2.75, 3.05) is 20.8 Å². The number of halogens is 1. The third kappa shape index (κ3) is 3.45. The molecule has 6 nitrogen and oxygen atoms in total. The van der Waals surface area contributed by atoms with E-state index in [0.29, 0.717) is 17.3 Å². The van der Waals surface area contributed by atoms with Gasteiger partial charge in [-0.1, -0.05) is 0 Å². The van der Waals surface area contributed by atoms with Crippen LogP contribution in [0.25, 0.3) is 11.5 Å². The number of nitrogens with zero attached hydrogens (tertiary/aromatic N) is 3. The first kappa shape index (κ1) is 18.4. The molecule has 2 aromatic carbocycles. The van der Waals surface area contributed by atoms with Crippen molar-refractivity contribution in [3.05, 3.63) is 59.2 Å². The molecule has 0 aliphatic carbocycles. The Hall–Kier alpha value is -2.93. The zero-order valence-corrected chi connectivity index (χ0v) is 16.1. The number of hydrogen-bond acceptors (Lipinski definition) is 6. The monoisotopic (exact) mass is 383 g/mol. The smallest absolute Gasteiger partial charge is 0.247 e. The molecule has 1 unspecified atom stereocenters. The van der Waals surface area contributed by atoms with Crippen molar-refractivity contribution >= 4 is 0 Å². The molecule has 1 aliphatic heterocycles. The summed E-state index contributed by atoms with van der Waals surface area (Å²) in [6, 6.07) is 10.1. The second-order valence-electron chi connectivity index (χ2n) is 6.82. The number of ether oxygens (including phenoxy) is 2. The normalized spacial score (nSPS) is 15.1. The van der Waals surface area contributed by atoms with E-state index in [1.165, 1.54) is 23.3 Å². The first-order valence-electron chi connectivity index (χ1n) is 9.16. The Morgan fingerprint density at radius 1 is 1.04 bits per heavy atom. The van der Waals surface area contributed by atoms with Crippen LogP contribution < -0.4 is 9.47 Å². The highest BCUT2D eigenvalue weighted by atomic mass is 19.1. The fourth-order valence-electron chi connectivity index (χ4n) is 3.50. The van der Waals surface area contributed by atoms with Gasteiger partial charge < -0.3 is 13.9 Å². The fourth-order valence-corrected chi connectivity index (χ4v) is 3.50. The van der Waals surface area contributed by atoms with Crippen molar-refractivity contribution in [3.63, 3.8) is 0 Å². The van der Waals surface area contributed by atoms with Crippen LogP contribution in [0.2, 0.25) is 0 Å². The summed E-state index contributed by atoms with van der Waals surface area (Å²) in [4.78, 5) is 2.29. The molecule has 1 aliphatic rings. The number of aromatic nitrogens is 2. The standard InChI is InChI=1S/C21H22FN3O3/c1-13(20-23-24-21(28-20)14-4-6-17(22)7-5-14)25-9-8-15-10-18(26-2)19(27-3)11-16(15)12-25/h4-7,10-11,13H,8-9,12H2,1-3H3. The molecule has 1 aromatic heterocycles. The SMILES string of the molecule is COc1cc2c(cc1OC)CN(C(C)c1nnc(-c3ccc(F)cc3)o1)CC2. The Balaban J connectivity index is 1.54. The number of benzene rings is 2. The Morgan fingerprint density at radius 2 is 1.71 bits per heavy atom. The van der Waals surface area contributed by atoms with E-state index in [-0.39, 0.29) is 11.9 Å². The van der Waals surface area contributed by atoms with Crippen LogP contribution in [0.1, 0.15) is 30.0 Å². The van der Waals surface area contributed by atoms with Gasteiger partial charge in [-0.05, 0) is 60.9 Å². The van der Waals surface area contributed by atoms with Crippen LogP contribution in [0.5, 0.6) is 11.5 Å². The van der Waals surface area contributed by atoms with Crippen LogP contribution in [-0.2, 0) is 13.0 Å². The minimum atomic E-state index is -0.295. The summed E-state index contributed by atoms with van der Waals surface area (Å²) in [6.07, 6.45) is 0.902. The highest BCUT2D eigenvalue weighted by Crippen LogP contribution is 2.35. The van der Waals surface area contributed by atoms with Crippen LogP contribution in [-0.4, -0.2) is 35.9 Å². The largest absolute Gasteiger partial charge is 0.493 e. The molecule has 0 N–H and O–H groups in total. The molecule has 4 rings (SSSR count). The predicted octanol–water partition coefficient (Wildman–Crippen LogP) is 4.01. The molecular formula is C21H22FN3O3. The Labute approximate surface area is 162 Å². The van der Waals surface area contributed by atoms with Gasteiger partial charge in [-0.15, -0.1) is 10.2 Å². The lowest BCUT2D eigenvalue weighted by Gasteiger charge is -2.32. The first-order chi connectivity index (χ1) is 13.6. The quantitative estimate of drug-likeness (QED) is 0.663. The van der Waals surface area contributed by atoms with Gasteiger partial charge in [0.25, 0.3) is 0 Å². The van der Waals surface area contributed by atoms with Crippen molar-refractivity contribution in [1.29, 1.82) is 0 Å². The van der Waals surface area contributed by atoms with E-state index in [9.17, 15) is 4.39 Å². The minimum Gasteiger partial charge on any atom is -0.493 e. The van der Waals surface area contributed by atoms with Gasteiger partial charge in [0.2, 0.25) is 11.8 Å². The molecule has 0 saturated heterocycles. The van der Waals surface area contributed by atoms with Crippen molar-refractivity contribution in [2.45, 2.75) is 25.9 Å². The van der Waals surface area contributed by atoms with Crippen LogP contribution in [0, 0.1) is 5.82 Å². The highest BCUT2D eigenvalue weighted by Gasteiger charge is 2.27. The van der Waals surface area contributed by atoms with Gasteiger partial charge in [-0.3, -0.25) is 4.90 Å². The maximum atomic E-state index is 13.1. The average molecular weight is 383 g/mol. The molecule has 0 radical (unpaired) electrons. The Kier molecular flexibility index (Phi) is 5.00. The third-order valence-electron chi connectivity index (χ3n) is 5.18. The van der Waals surface area contributed by atoms with E-state index >= 15 is 0 Å². The van der Waals surface area contributed by atoms with Gasteiger partial charge in [-0.25, -0.2) is 4.39 Å². The number of rotatable bonds is 5. The van der Waals surface area contributed by atoms with Gasteiger partial charge in [0.15, 0.2) is 11.5 Å². The lowest BCUT2D eigenvalue weighted by molar-refractivity contribution is 0.166. The zero-order valence-electron chi connectivity index (χ0n) is 16.1. The molecular weight excluding hydrogens is 361 g/mol. The van der Waals surface area contributed by atoms with Crippen LogP contribution in [0.4, 0.5) is 4.39 Å². The van der Waals surface area contributed by atoms with Gasteiger partial charge in [0.1, 0.15) is 5.82 Å². The van der Waals surface area contributed by atoms with Crippen LogP contribution >= 0.6 is 0 Å². The summed E-state index contributed by atoms with van der Waals surface area (Å²) in [5, 5.41) is 8.33. The van der Waals surface area contributed by atoms with Gasteiger partial charge in [0.05, 0.1) is 20.3 Å². The lowest BCUT2D eigenvalue weighted by Crippen LogP contribution is -2.33. The average Bonchev–Trinajstić information content (AvgIpc) is 3.22. The fraction of sp³-hybridized carbons (Fsp3) is 0.333. The second kappa shape index (κ2) is 7.59. The minimum absolute atomic E-state index is 0.0389. The molecule has 2 heterocycles. The van der Waals surface area contributed by atoms with Crippen molar-refractivity contribution in [1.82, 2.24) is 15.1 Å². The summed E-state index contributed by atoms with van der Waals surface area (Å²) in [6.45, 7) is 3.68. The molecule has 7 heteroatoms. The number of fused-ring (bicyclic) bond motifs is 1. The second-order valence-corrected chi connectivity index (χ2v) is 6.82. The number of hydrogen-bond donors (Lipinski definition) is 0. The molecule has 0 spiro atoms. The highest BCUT2D eigenvalue weighted by molar-refractivity contribution is 5.52. The maximum Gasteiger partial charge on any atom is 0.247 e. The Morgan fingerprint density at radius 3 is 2.39 bits per heavy atom. The summed E-state index contributed by atoms with van der Waals surface area (Å²) in [5.74, 6) is 2.13. The van der Waals surface area contributed by atoms with E-state index in [2.05, 4.69) is 21.2 Å². The van der Waals surface area contributed by atoms with Gasteiger partial charge in [-0.2, -0.15) is 0 Å². The molecule has 146 valence electrons. The molecule has 0 fully saturated rings. The predicted molar refractivity (Wildman–Crippen MR) is 102 cm³/mol. The van der Waals surface area contributed by atoms with Gasteiger partial charge >= 0.3 is 0 Å². The molecule has 3 aromatic rings. The zero-order chi connectivity index (χ0) is 19.7. The van der Waals surface area contributed by atoms with Gasteiger partial charge in [0, 0.05) is 18.7 Å². The van der Waals surface area contributed by atoms with Crippen molar-refractivity contribution in [2.24, 2.45) is 0 Å². The lowest BCUT2D eigenvalue weighted by atomic mass is 9.97. The maximum absolute atomic E-state index is 13.1. The molecule has 0 amide bonds. The first-order valence-corrected chi connectivity index (χ1v) is 9.16. The summed E-state index contributed by atoms with van der Waals surface area (Å²) >= 11 is 0. The molecule has 0 saturated carbocycles. The van der Waals surface area contributed by atoms with E-state index < -0.39 is 0 Å². The van der Waals surface area contributed by atoms with Crippen molar-refractivity contribution < 1.29 is 18.3 Å². The Bertz CT molecular complexity index is 972.